The largest absolute Gasteiger partial charge is 0.465 e. The van der Waals surface area contributed by atoms with Gasteiger partial charge in [0.1, 0.15) is 10.9 Å². The van der Waals surface area contributed by atoms with Gasteiger partial charge in [0.2, 0.25) is 0 Å². The number of rotatable bonds is 6. The number of hydrogen-bond donors (Lipinski definition) is 1. The summed E-state index contributed by atoms with van der Waals surface area (Å²) < 4.78 is 75.8. The van der Waals surface area contributed by atoms with Gasteiger partial charge >= 0.3 is 12.1 Å². The molecule has 37 heavy (non-hydrogen) atoms. The van der Waals surface area contributed by atoms with Gasteiger partial charge in [-0.3, -0.25) is 0 Å². The zero-order valence-corrected chi connectivity index (χ0v) is 21.1. The van der Waals surface area contributed by atoms with E-state index in [-0.39, 0.29) is 27.3 Å². The van der Waals surface area contributed by atoms with Gasteiger partial charge in [-0.15, -0.1) is 0 Å². The van der Waals surface area contributed by atoms with Gasteiger partial charge in [-0.25, -0.2) is 13.2 Å². The fourth-order valence-electron chi connectivity index (χ4n) is 4.34. The lowest BCUT2D eigenvalue weighted by Crippen LogP contribution is -2.17. The Balaban J connectivity index is 2.15. The van der Waals surface area contributed by atoms with Crippen LogP contribution in [0.1, 0.15) is 43.7 Å². The lowest BCUT2D eigenvalue weighted by Gasteiger charge is -2.20. The van der Waals surface area contributed by atoms with Crippen molar-refractivity contribution in [2.45, 2.75) is 30.2 Å². The Morgan fingerprint density at radius 2 is 1.54 bits per heavy atom. The molecule has 0 aliphatic heterocycles. The third-order valence-electron chi connectivity index (χ3n) is 6.03. The minimum absolute atomic E-state index is 0.0635. The predicted molar refractivity (Wildman–Crippen MR) is 134 cm³/mol. The first-order valence-electron chi connectivity index (χ1n) is 11.3. The number of esters is 1. The fourth-order valence-corrected chi connectivity index (χ4v) is 6.12. The highest BCUT2D eigenvalue weighted by atomic mass is 32.2. The van der Waals surface area contributed by atoms with Crippen LogP contribution in [-0.2, 0) is 20.8 Å². The molecule has 9 heteroatoms. The van der Waals surface area contributed by atoms with Crippen molar-refractivity contribution >= 4 is 15.8 Å². The highest BCUT2D eigenvalue weighted by molar-refractivity contribution is 7.92. The van der Waals surface area contributed by atoms with Crippen molar-refractivity contribution in [1.29, 1.82) is 0 Å². The van der Waals surface area contributed by atoms with Crippen LogP contribution in [0.2, 0.25) is 0 Å². The molecule has 0 fully saturated rings. The lowest BCUT2D eigenvalue weighted by atomic mass is 9.96. The van der Waals surface area contributed by atoms with Gasteiger partial charge in [0.25, 0.3) is 0 Å². The second-order valence-corrected chi connectivity index (χ2v) is 10.7. The number of nitrogens with one attached hydrogen (secondary N) is 1. The van der Waals surface area contributed by atoms with E-state index in [0.717, 1.165) is 18.2 Å². The molecule has 0 aliphatic rings. The van der Waals surface area contributed by atoms with Crippen LogP contribution in [-0.4, -0.2) is 26.5 Å². The van der Waals surface area contributed by atoms with Crippen molar-refractivity contribution in [2.75, 3.05) is 7.11 Å². The number of benzene rings is 3. The average molecular weight is 528 g/mol. The summed E-state index contributed by atoms with van der Waals surface area (Å²) in [5, 5.41) is -1.58. The summed E-state index contributed by atoms with van der Waals surface area (Å²) in [6.45, 7) is 3.55. The van der Waals surface area contributed by atoms with E-state index < -0.39 is 38.5 Å². The van der Waals surface area contributed by atoms with Crippen LogP contribution in [0.3, 0.4) is 0 Å². The first kappa shape index (κ1) is 26.2. The average Bonchev–Trinajstić information content (AvgIpc) is 3.25. The molecule has 1 heterocycles. The highest BCUT2D eigenvalue weighted by Gasteiger charge is 2.44. The summed E-state index contributed by atoms with van der Waals surface area (Å²) in [6.07, 6.45) is -4.99. The summed E-state index contributed by atoms with van der Waals surface area (Å²) in [7, 11) is -3.33. The van der Waals surface area contributed by atoms with E-state index in [0.29, 0.717) is 0 Å². The first-order chi connectivity index (χ1) is 17.4. The molecule has 5 nitrogen and oxygen atoms in total. The third-order valence-corrected chi connectivity index (χ3v) is 8.09. The molecule has 0 radical (unpaired) electrons. The van der Waals surface area contributed by atoms with Crippen LogP contribution in [0.25, 0.3) is 11.1 Å². The van der Waals surface area contributed by atoms with Gasteiger partial charge < -0.3 is 9.72 Å². The van der Waals surface area contributed by atoms with Crippen molar-refractivity contribution in [1.82, 2.24) is 4.98 Å². The normalized spacial score (nSPS) is 12.8. The Kier molecular flexibility index (Phi) is 7.01. The summed E-state index contributed by atoms with van der Waals surface area (Å²) in [5.74, 6) is -1.23. The molecular formula is C28H24F3NO4S. The number of hydrogen-bond acceptors (Lipinski definition) is 4. The number of H-pyrrole nitrogens is 1. The second-order valence-electron chi connectivity index (χ2n) is 8.67. The Hall–Kier alpha value is -3.85. The monoisotopic (exact) mass is 527 g/mol. The molecule has 0 spiro atoms. The van der Waals surface area contributed by atoms with Gasteiger partial charge in [0, 0.05) is 11.3 Å². The van der Waals surface area contributed by atoms with E-state index in [9.17, 15) is 26.4 Å². The van der Waals surface area contributed by atoms with Crippen LogP contribution < -0.4 is 0 Å². The second kappa shape index (κ2) is 9.89. The number of carbonyl (C=O) groups excluding carboxylic acids is 1. The van der Waals surface area contributed by atoms with Crippen LogP contribution in [0.4, 0.5) is 13.2 Å². The van der Waals surface area contributed by atoms with E-state index in [1.807, 2.05) is 0 Å². The van der Waals surface area contributed by atoms with E-state index in [2.05, 4.69) is 4.98 Å². The molecule has 1 atom stereocenters. The summed E-state index contributed by atoms with van der Waals surface area (Å²) in [5.41, 5.74) is -0.558. The van der Waals surface area contributed by atoms with Crippen molar-refractivity contribution in [3.05, 3.63) is 113 Å². The molecule has 1 unspecified atom stereocenters. The quantitative estimate of drug-likeness (QED) is 0.284. The number of aryl methyl sites for hydroxylation is 2. The molecule has 0 saturated carbocycles. The Morgan fingerprint density at radius 3 is 2.11 bits per heavy atom. The fraction of sp³-hybridized carbons (Fsp3) is 0.179. The Bertz CT molecular complexity index is 1540. The number of ether oxygens (including phenoxy) is 1. The molecule has 1 N–H and O–H groups in total. The minimum Gasteiger partial charge on any atom is -0.465 e. The maximum absolute atomic E-state index is 14.3. The van der Waals surface area contributed by atoms with E-state index in [1.54, 1.807) is 68.4 Å². The molecule has 192 valence electrons. The van der Waals surface area contributed by atoms with E-state index in [4.69, 9.17) is 4.74 Å². The molecule has 0 amide bonds. The SMILES string of the molecule is COC(=O)c1c(C(F)(F)F)[nH]c(C(c2cccc(C)c2)S(=O)(=O)c2ccc(C)cc2)c1-c1ccccc1. The van der Waals surface area contributed by atoms with Crippen molar-refractivity contribution in [2.24, 2.45) is 0 Å². The van der Waals surface area contributed by atoms with E-state index in [1.165, 1.54) is 24.3 Å². The predicted octanol–water partition coefficient (Wildman–Crippen LogP) is 6.67. The smallest absolute Gasteiger partial charge is 0.432 e. The van der Waals surface area contributed by atoms with Crippen LogP contribution >= 0.6 is 0 Å². The van der Waals surface area contributed by atoms with Gasteiger partial charge in [-0.2, -0.15) is 13.2 Å². The van der Waals surface area contributed by atoms with Gasteiger partial charge in [0.05, 0.1) is 17.6 Å². The summed E-state index contributed by atoms with van der Waals surface area (Å²) >= 11 is 0. The number of sulfone groups is 1. The summed E-state index contributed by atoms with van der Waals surface area (Å²) in [6, 6.07) is 20.5. The molecule has 0 aliphatic carbocycles. The molecule has 4 aromatic rings. The first-order valence-corrected chi connectivity index (χ1v) is 12.8. The zero-order valence-electron chi connectivity index (χ0n) is 20.3. The minimum atomic E-state index is -4.99. The molecular weight excluding hydrogens is 503 g/mol. The highest BCUT2D eigenvalue weighted by Crippen LogP contribution is 2.46. The standard InChI is InChI=1S/C28H24F3NO4S/c1-17-12-14-21(15-13-17)37(34,35)25(20-11-7-8-18(2)16-20)24-22(19-9-5-4-6-10-19)23(27(33)36-3)26(32-24)28(29,30)31/h4-16,25,32H,1-3H3. The Morgan fingerprint density at radius 1 is 0.892 bits per heavy atom. The maximum Gasteiger partial charge on any atom is 0.432 e. The number of carbonyl (C=O) groups is 1. The third kappa shape index (κ3) is 5.04. The summed E-state index contributed by atoms with van der Waals surface area (Å²) in [4.78, 5) is 15.0. The number of halogens is 3. The van der Waals surface area contributed by atoms with Crippen molar-refractivity contribution < 1.29 is 31.1 Å². The Labute approximate surface area is 212 Å². The molecule has 0 saturated heterocycles. The number of methoxy groups -OCH3 is 1. The van der Waals surface area contributed by atoms with Crippen LogP contribution in [0.5, 0.6) is 0 Å². The van der Waals surface area contributed by atoms with Gasteiger partial charge in [-0.1, -0.05) is 77.9 Å². The van der Waals surface area contributed by atoms with Crippen LogP contribution in [0, 0.1) is 13.8 Å². The molecule has 0 bridgehead atoms. The van der Waals surface area contributed by atoms with Crippen molar-refractivity contribution in [3.8, 4) is 11.1 Å². The van der Waals surface area contributed by atoms with E-state index >= 15 is 0 Å². The zero-order chi connectivity index (χ0) is 27.0. The number of alkyl halides is 3. The molecule has 1 aromatic heterocycles. The number of aromatic nitrogens is 1. The topological polar surface area (TPSA) is 76.2 Å². The maximum atomic E-state index is 14.3. The lowest BCUT2D eigenvalue weighted by molar-refractivity contribution is -0.141. The molecule has 3 aromatic carbocycles. The van der Waals surface area contributed by atoms with Gasteiger partial charge in [0.15, 0.2) is 9.84 Å². The number of aromatic amines is 1. The van der Waals surface area contributed by atoms with Crippen LogP contribution in [0.15, 0.2) is 83.8 Å². The molecule has 4 rings (SSSR count). The van der Waals surface area contributed by atoms with Gasteiger partial charge in [-0.05, 0) is 37.1 Å². The van der Waals surface area contributed by atoms with Crippen molar-refractivity contribution in [3.63, 3.8) is 0 Å².